The van der Waals surface area contributed by atoms with Gasteiger partial charge in [0.15, 0.2) is 0 Å². The van der Waals surface area contributed by atoms with E-state index in [9.17, 15) is 14.7 Å². The molecule has 1 aliphatic heterocycles. The van der Waals surface area contributed by atoms with Crippen molar-refractivity contribution >= 4 is 11.9 Å². The Hall–Kier alpha value is -1.32. The van der Waals surface area contributed by atoms with Gasteiger partial charge in [-0.1, -0.05) is 12.5 Å². The van der Waals surface area contributed by atoms with Crippen molar-refractivity contribution < 1.29 is 14.7 Å². The summed E-state index contributed by atoms with van der Waals surface area (Å²) < 4.78 is 0. The van der Waals surface area contributed by atoms with Gasteiger partial charge < -0.3 is 10.0 Å². The highest BCUT2D eigenvalue weighted by Gasteiger charge is 2.49. The topological polar surface area (TPSA) is 57.6 Å². The summed E-state index contributed by atoms with van der Waals surface area (Å²) in [6, 6.07) is -0.597. The van der Waals surface area contributed by atoms with Crippen molar-refractivity contribution in [2.24, 2.45) is 11.8 Å². The molecule has 1 saturated heterocycles. The summed E-state index contributed by atoms with van der Waals surface area (Å²) in [4.78, 5) is 24.6. The number of amides is 1. The normalized spacial score (nSPS) is 32.5. The summed E-state index contributed by atoms with van der Waals surface area (Å²) in [7, 11) is 0. The molecule has 88 valence electrons. The zero-order valence-electron chi connectivity index (χ0n) is 9.26. The number of nitrogens with zero attached hydrogens (tertiary/aromatic N) is 1. The smallest absolute Gasteiger partial charge is 0.326 e. The molecule has 1 heterocycles. The first-order valence-electron chi connectivity index (χ1n) is 5.78. The summed E-state index contributed by atoms with van der Waals surface area (Å²) in [6.07, 6.45) is 4.88. The lowest BCUT2D eigenvalue weighted by atomic mass is 9.94. The van der Waals surface area contributed by atoms with E-state index in [1.54, 1.807) is 4.90 Å². The van der Waals surface area contributed by atoms with Crippen LogP contribution in [-0.4, -0.2) is 34.5 Å². The molecule has 3 unspecified atom stereocenters. The highest BCUT2D eigenvalue weighted by atomic mass is 16.4. The van der Waals surface area contributed by atoms with Crippen LogP contribution in [0, 0.1) is 11.8 Å². The summed E-state index contributed by atoms with van der Waals surface area (Å²) >= 11 is 0. The van der Waals surface area contributed by atoms with Crippen LogP contribution in [0.3, 0.4) is 0 Å². The maximum Gasteiger partial charge on any atom is 0.326 e. The Labute approximate surface area is 94.9 Å². The average molecular weight is 223 g/mol. The van der Waals surface area contributed by atoms with E-state index in [1.165, 1.54) is 6.08 Å². The Bertz CT molecular complexity index is 326. The Morgan fingerprint density at radius 3 is 2.81 bits per heavy atom. The monoisotopic (exact) mass is 223 g/mol. The third kappa shape index (κ3) is 1.72. The van der Waals surface area contributed by atoms with E-state index < -0.39 is 12.0 Å². The minimum atomic E-state index is -0.855. The van der Waals surface area contributed by atoms with Gasteiger partial charge in [0.1, 0.15) is 6.04 Å². The van der Waals surface area contributed by atoms with Crippen molar-refractivity contribution in [1.82, 2.24) is 4.90 Å². The van der Waals surface area contributed by atoms with Crippen LogP contribution in [0.2, 0.25) is 0 Å². The molecule has 3 atom stereocenters. The predicted molar refractivity (Wildman–Crippen MR) is 58.8 cm³/mol. The fraction of sp³-hybridized carbons (Fsp3) is 0.667. The molecule has 1 N–H and O–H groups in total. The standard InChI is InChI=1S/C12H17NO3/c1-2-4-10(14)13-7-8-5-3-6-9(8)11(13)12(15)16/h2,8-9,11H,1,3-7H2,(H,15,16). The Kier molecular flexibility index (Phi) is 2.99. The highest BCUT2D eigenvalue weighted by Crippen LogP contribution is 2.42. The molecule has 2 rings (SSSR count). The van der Waals surface area contributed by atoms with Gasteiger partial charge in [0, 0.05) is 13.0 Å². The summed E-state index contributed by atoms with van der Waals surface area (Å²) in [5, 5.41) is 9.23. The number of carbonyl (C=O) groups excluding carboxylic acids is 1. The second kappa shape index (κ2) is 4.28. The molecule has 0 aromatic carbocycles. The Morgan fingerprint density at radius 2 is 2.19 bits per heavy atom. The highest BCUT2D eigenvalue weighted by molar-refractivity contribution is 5.85. The number of aliphatic carboxylic acids is 1. The van der Waals surface area contributed by atoms with Crippen molar-refractivity contribution in [2.45, 2.75) is 31.7 Å². The molecule has 2 fully saturated rings. The van der Waals surface area contributed by atoms with E-state index in [4.69, 9.17) is 0 Å². The fourth-order valence-electron chi connectivity index (χ4n) is 3.12. The summed E-state index contributed by atoms with van der Waals surface area (Å²) in [5.74, 6) is -0.384. The third-order valence-electron chi connectivity index (χ3n) is 3.78. The molecule has 4 nitrogen and oxygen atoms in total. The van der Waals surface area contributed by atoms with E-state index in [0.717, 1.165) is 19.3 Å². The molecule has 0 radical (unpaired) electrons. The number of likely N-dealkylation sites (tertiary alicyclic amines) is 1. The van der Waals surface area contributed by atoms with Gasteiger partial charge in [0.2, 0.25) is 5.91 Å². The predicted octanol–water partition coefficient (Wildman–Crippen LogP) is 1.27. The van der Waals surface area contributed by atoms with Gasteiger partial charge in [0.05, 0.1) is 0 Å². The first-order chi connectivity index (χ1) is 7.65. The van der Waals surface area contributed by atoms with Gasteiger partial charge in [-0.3, -0.25) is 4.79 Å². The molecule has 0 bridgehead atoms. The lowest BCUT2D eigenvalue weighted by Gasteiger charge is -2.23. The third-order valence-corrected chi connectivity index (χ3v) is 3.78. The second-order valence-electron chi connectivity index (χ2n) is 4.68. The molecule has 16 heavy (non-hydrogen) atoms. The molecule has 0 aromatic rings. The van der Waals surface area contributed by atoms with E-state index in [1.807, 2.05) is 0 Å². The zero-order valence-corrected chi connectivity index (χ0v) is 9.26. The van der Waals surface area contributed by atoms with Gasteiger partial charge in [-0.2, -0.15) is 0 Å². The molecule has 0 spiro atoms. The number of carboxylic acid groups (broad SMARTS) is 1. The first kappa shape index (κ1) is 11.2. The molecule has 2 aliphatic rings. The molecule has 1 aliphatic carbocycles. The van der Waals surface area contributed by atoms with Gasteiger partial charge >= 0.3 is 5.97 Å². The van der Waals surface area contributed by atoms with E-state index >= 15 is 0 Å². The van der Waals surface area contributed by atoms with Crippen LogP contribution >= 0.6 is 0 Å². The van der Waals surface area contributed by atoms with E-state index in [2.05, 4.69) is 6.58 Å². The molecule has 1 saturated carbocycles. The van der Waals surface area contributed by atoms with Crippen LogP contribution in [0.1, 0.15) is 25.7 Å². The maximum atomic E-state index is 11.8. The SMILES string of the molecule is C=CCC(=O)N1CC2CCCC2C1C(=O)O. The lowest BCUT2D eigenvalue weighted by Crippen LogP contribution is -2.43. The molecular formula is C12H17NO3. The summed E-state index contributed by atoms with van der Waals surface area (Å²) in [5.41, 5.74) is 0. The van der Waals surface area contributed by atoms with Crippen molar-refractivity contribution in [3.05, 3.63) is 12.7 Å². The number of fused-ring (bicyclic) bond motifs is 1. The Balaban J connectivity index is 2.16. The first-order valence-corrected chi connectivity index (χ1v) is 5.78. The van der Waals surface area contributed by atoms with Crippen LogP contribution in [0.5, 0.6) is 0 Å². The largest absolute Gasteiger partial charge is 0.480 e. The molecular weight excluding hydrogens is 206 g/mol. The molecule has 1 amide bonds. The second-order valence-corrected chi connectivity index (χ2v) is 4.68. The minimum absolute atomic E-state index is 0.100. The van der Waals surface area contributed by atoms with Gasteiger partial charge in [-0.15, -0.1) is 6.58 Å². The quantitative estimate of drug-likeness (QED) is 0.733. The minimum Gasteiger partial charge on any atom is -0.480 e. The van der Waals surface area contributed by atoms with Gasteiger partial charge in [-0.05, 0) is 24.7 Å². The number of rotatable bonds is 3. The summed E-state index contributed by atoms with van der Waals surface area (Å²) in [6.45, 7) is 4.14. The molecule has 0 aromatic heterocycles. The van der Waals surface area contributed by atoms with Crippen LogP contribution in [-0.2, 0) is 9.59 Å². The van der Waals surface area contributed by atoms with Gasteiger partial charge in [-0.25, -0.2) is 4.79 Å². The van der Waals surface area contributed by atoms with Crippen LogP contribution in [0.15, 0.2) is 12.7 Å². The van der Waals surface area contributed by atoms with Gasteiger partial charge in [0.25, 0.3) is 0 Å². The zero-order chi connectivity index (χ0) is 11.7. The van der Waals surface area contributed by atoms with E-state index in [-0.39, 0.29) is 18.2 Å². The van der Waals surface area contributed by atoms with Crippen molar-refractivity contribution in [3.8, 4) is 0 Å². The van der Waals surface area contributed by atoms with Crippen LogP contribution in [0.4, 0.5) is 0 Å². The number of hydrogen-bond donors (Lipinski definition) is 1. The number of carbonyl (C=O) groups is 2. The van der Waals surface area contributed by atoms with Crippen LogP contribution in [0.25, 0.3) is 0 Å². The average Bonchev–Trinajstić information content (AvgIpc) is 2.74. The van der Waals surface area contributed by atoms with Crippen molar-refractivity contribution in [1.29, 1.82) is 0 Å². The fourth-order valence-corrected chi connectivity index (χ4v) is 3.12. The van der Waals surface area contributed by atoms with Crippen LogP contribution < -0.4 is 0 Å². The molecule has 4 heteroatoms. The number of hydrogen-bond acceptors (Lipinski definition) is 2. The lowest BCUT2D eigenvalue weighted by molar-refractivity contribution is -0.149. The van der Waals surface area contributed by atoms with Crippen molar-refractivity contribution in [3.63, 3.8) is 0 Å². The van der Waals surface area contributed by atoms with Crippen molar-refractivity contribution in [2.75, 3.05) is 6.54 Å². The Morgan fingerprint density at radius 1 is 1.44 bits per heavy atom. The number of carboxylic acids is 1. The maximum absolute atomic E-state index is 11.8. The van der Waals surface area contributed by atoms with E-state index in [0.29, 0.717) is 12.5 Å².